The molecule has 0 bridgehead atoms. The molecule has 0 atom stereocenters. The second-order valence-corrected chi connectivity index (χ2v) is 10.8. The van der Waals surface area contributed by atoms with Crippen LogP contribution in [0.1, 0.15) is 30.4 Å². The van der Waals surface area contributed by atoms with E-state index in [-0.39, 0.29) is 12.6 Å². The molecular weight excluding hydrogens is 639 g/mol. The van der Waals surface area contributed by atoms with Gasteiger partial charge >= 0.3 is 0 Å². The number of hydrogen-bond donors (Lipinski definition) is 0. The monoisotopic (exact) mass is 650 g/mol. The van der Waals surface area contributed by atoms with Gasteiger partial charge in [0.15, 0.2) is 0 Å². The van der Waals surface area contributed by atoms with Gasteiger partial charge in [0, 0.05) is 18.1 Å². The first-order valence-electron chi connectivity index (χ1n) is 9.76. The van der Waals surface area contributed by atoms with Crippen LogP contribution >= 0.6 is 61.5 Å². The molecule has 1 aromatic heterocycles. The third-order valence-electron chi connectivity index (χ3n) is 5.34. The van der Waals surface area contributed by atoms with Crippen molar-refractivity contribution in [1.82, 2.24) is 4.90 Å². The van der Waals surface area contributed by atoms with Crippen molar-refractivity contribution >= 4 is 95.0 Å². The summed E-state index contributed by atoms with van der Waals surface area (Å²) < 4.78 is 2.55. The molecule has 2 heterocycles. The molecule has 5 rings (SSSR count). The van der Waals surface area contributed by atoms with Crippen LogP contribution in [0.3, 0.4) is 0 Å². The summed E-state index contributed by atoms with van der Waals surface area (Å²) in [6.07, 6.45) is 0. The lowest BCUT2D eigenvalue weighted by atomic mass is 10.1. The number of hydrogen-bond acceptors (Lipinski definition) is 4. The second-order valence-electron chi connectivity index (χ2n) is 7.30. The van der Waals surface area contributed by atoms with Gasteiger partial charge in [0.1, 0.15) is 11.5 Å². The Kier molecular flexibility index (Phi) is 6.02. The number of imide groups is 1. The molecule has 0 N–H and O–H groups in total. The van der Waals surface area contributed by atoms with Crippen molar-refractivity contribution in [3.63, 3.8) is 0 Å². The Balaban J connectivity index is 1.59. The maximum atomic E-state index is 13.8. The highest BCUT2D eigenvalue weighted by molar-refractivity contribution is 14.1. The Bertz CT molecular complexity index is 1440. The largest absolute Gasteiger partial charge is 0.288 e. The Morgan fingerprint density at radius 2 is 1.64 bits per heavy atom. The zero-order chi connectivity index (χ0) is 23.3. The van der Waals surface area contributed by atoms with Gasteiger partial charge in [-0.3, -0.25) is 24.2 Å². The number of benzene rings is 3. The van der Waals surface area contributed by atoms with E-state index in [1.54, 1.807) is 30.3 Å². The average molecular weight is 652 g/mol. The topological polar surface area (TPSA) is 57.7 Å². The molecule has 0 aliphatic carbocycles. The van der Waals surface area contributed by atoms with Crippen molar-refractivity contribution in [1.29, 1.82) is 0 Å². The van der Waals surface area contributed by atoms with E-state index < -0.39 is 11.8 Å². The first kappa shape index (κ1) is 22.5. The van der Waals surface area contributed by atoms with Crippen LogP contribution in [0, 0.1) is 3.57 Å². The number of nitrogens with zero attached hydrogens (tertiary/aromatic N) is 2. The number of fused-ring (bicyclic) bond motifs is 2. The number of anilines is 1. The average Bonchev–Trinajstić information content (AvgIpc) is 3.26. The summed E-state index contributed by atoms with van der Waals surface area (Å²) in [6, 6.07) is 19.6. The van der Waals surface area contributed by atoms with Crippen molar-refractivity contribution in [3.8, 4) is 0 Å². The number of carbonyl (C=O) groups is 3. The smallest absolute Gasteiger partial charge is 0.271 e. The Morgan fingerprint density at radius 3 is 2.30 bits per heavy atom. The molecular formula is C24H13BrClIN2O3S. The minimum Gasteiger partial charge on any atom is -0.288 e. The number of carbonyl (C=O) groups excluding carboxylic acids is 3. The molecule has 0 radical (unpaired) electrons. The SMILES string of the molecule is O=C1c2ccccc2C(=O)N1CN(C(=O)c1sc2cc(Br)ccc2c1Cl)c1ccccc1I. The molecule has 5 nitrogen and oxygen atoms in total. The summed E-state index contributed by atoms with van der Waals surface area (Å²) in [7, 11) is 0. The first-order chi connectivity index (χ1) is 15.9. The second kappa shape index (κ2) is 8.83. The van der Waals surface area contributed by atoms with Crippen LogP contribution in [0.25, 0.3) is 10.1 Å². The van der Waals surface area contributed by atoms with Crippen LogP contribution in [0.2, 0.25) is 5.02 Å². The predicted octanol–water partition coefficient (Wildman–Crippen LogP) is 6.82. The molecule has 0 fully saturated rings. The van der Waals surface area contributed by atoms with E-state index in [0.717, 1.165) is 23.0 Å². The van der Waals surface area contributed by atoms with Crippen LogP contribution in [-0.4, -0.2) is 29.3 Å². The zero-order valence-electron chi connectivity index (χ0n) is 16.7. The zero-order valence-corrected chi connectivity index (χ0v) is 22.0. The van der Waals surface area contributed by atoms with E-state index in [4.69, 9.17) is 11.6 Å². The molecule has 4 aromatic rings. The summed E-state index contributed by atoms with van der Waals surface area (Å²) >= 11 is 13.5. The lowest BCUT2D eigenvalue weighted by molar-refractivity contribution is 0.0650. The maximum Gasteiger partial charge on any atom is 0.271 e. The van der Waals surface area contributed by atoms with E-state index in [1.165, 1.54) is 16.2 Å². The van der Waals surface area contributed by atoms with Crippen molar-refractivity contribution in [2.45, 2.75) is 0 Å². The van der Waals surface area contributed by atoms with Crippen molar-refractivity contribution in [2.75, 3.05) is 11.6 Å². The fourth-order valence-corrected chi connectivity index (χ4v) is 6.42. The third kappa shape index (κ3) is 3.88. The van der Waals surface area contributed by atoms with Crippen LogP contribution in [0.15, 0.2) is 71.2 Å². The van der Waals surface area contributed by atoms with Gasteiger partial charge in [-0.25, -0.2) is 0 Å². The molecule has 9 heteroatoms. The Labute approximate surface area is 220 Å². The van der Waals surface area contributed by atoms with Crippen LogP contribution in [0.4, 0.5) is 5.69 Å². The number of thiophene rings is 1. The van der Waals surface area contributed by atoms with Gasteiger partial charge in [0.25, 0.3) is 17.7 Å². The van der Waals surface area contributed by atoms with Crippen LogP contribution in [0.5, 0.6) is 0 Å². The maximum absolute atomic E-state index is 13.8. The highest BCUT2D eigenvalue weighted by atomic mass is 127. The number of amides is 3. The van der Waals surface area contributed by atoms with Gasteiger partial charge in [-0.2, -0.15) is 0 Å². The summed E-state index contributed by atoms with van der Waals surface area (Å²) in [5, 5.41) is 1.13. The lowest BCUT2D eigenvalue weighted by Gasteiger charge is -2.27. The highest BCUT2D eigenvalue weighted by Gasteiger charge is 2.38. The van der Waals surface area contributed by atoms with Crippen molar-refractivity contribution < 1.29 is 14.4 Å². The molecule has 3 aromatic carbocycles. The Morgan fingerprint density at radius 1 is 1.00 bits per heavy atom. The van der Waals surface area contributed by atoms with E-state index in [1.807, 2.05) is 36.4 Å². The fraction of sp³-hybridized carbons (Fsp3) is 0.0417. The molecule has 1 aliphatic rings. The summed E-state index contributed by atoms with van der Waals surface area (Å²) in [4.78, 5) is 42.7. The summed E-state index contributed by atoms with van der Waals surface area (Å²) in [5.74, 6) is -1.23. The number of rotatable bonds is 4. The molecule has 0 saturated heterocycles. The van der Waals surface area contributed by atoms with Gasteiger partial charge in [-0.15, -0.1) is 11.3 Å². The van der Waals surface area contributed by atoms with Gasteiger partial charge in [0.2, 0.25) is 0 Å². The van der Waals surface area contributed by atoms with Gasteiger partial charge < -0.3 is 0 Å². The van der Waals surface area contributed by atoms with Gasteiger partial charge in [-0.05, 0) is 59.0 Å². The van der Waals surface area contributed by atoms with E-state index >= 15 is 0 Å². The minimum atomic E-state index is -0.425. The van der Waals surface area contributed by atoms with Gasteiger partial charge in [-0.1, -0.05) is 57.9 Å². The van der Waals surface area contributed by atoms with Gasteiger partial charge in [0.05, 0.1) is 21.8 Å². The molecule has 0 unspecified atom stereocenters. The van der Waals surface area contributed by atoms with E-state index in [9.17, 15) is 14.4 Å². The lowest BCUT2D eigenvalue weighted by Crippen LogP contribution is -2.44. The normalized spacial score (nSPS) is 13.0. The molecule has 33 heavy (non-hydrogen) atoms. The van der Waals surface area contributed by atoms with Crippen LogP contribution in [-0.2, 0) is 0 Å². The quantitative estimate of drug-likeness (QED) is 0.180. The minimum absolute atomic E-state index is 0.223. The van der Waals surface area contributed by atoms with Crippen LogP contribution < -0.4 is 4.90 Å². The summed E-state index contributed by atoms with van der Waals surface area (Å²) in [6.45, 7) is -0.223. The molecule has 1 aliphatic heterocycles. The number of para-hydroxylation sites is 1. The van der Waals surface area contributed by atoms with E-state index in [0.29, 0.717) is 26.7 Å². The van der Waals surface area contributed by atoms with Crippen molar-refractivity contribution in [2.24, 2.45) is 0 Å². The highest BCUT2D eigenvalue weighted by Crippen LogP contribution is 2.39. The van der Waals surface area contributed by atoms with E-state index in [2.05, 4.69) is 38.5 Å². The molecule has 164 valence electrons. The third-order valence-corrected chi connectivity index (χ3v) is 8.39. The molecule has 0 spiro atoms. The standard InChI is InChI=1S/C24H13BrClIN2O3S/c25-13-9-10-16-19(11-13)33-21(20(16)26)24(32)28(18-8-4-3-7-17(18)27)12-29-22(30)14-5-1-2-6-15(14)23(29)31/h1-11H,12H2. The van der Waals surface area contributed by atoms with Crippen molar-refractivity contribution in [3.05, 3.63) is 95.8 Å². The first-order valence-corrected chi connectivity index (χ1v) is 12.8. The summed E-state index contributed by atoms with van der Waals surface area (Å²) in [5.41, 5.74) is 1.26. The molecule has 0 saturated carbocycles. The fourth-order valence-electron chi connectivity index (χ4n) is 3.73. The predicted molar refractivity (Wildman–Crippen MR) is 142 cm³/mol. The Hall–Kier alpha value is -2.27. The number of halogens is 3. The molecule has 3 amide bonds.